The zero-order valence-corrected chi connectivity index (χ0v) is 14.6. The highest BCUT2D eigenvalue weighted by Crippen LogP contribution is 2.00. The highest BCUT2D eigenvalue weighted by molar-refractivity contribution is 7.99. The van der Waals surface area contributed by atoms with Crippen molar-refractivity contribution in [3.05, 3.63) is 60.8 Å². The summed E-state index contributed by atoms with van der Waals surface area (Å²) in [7, 11) is 0. The van der Waals surface area contributed by atoms with Crippen molar-refractivity contribution in [2.24, 2.45) is 0 Å². The molecule has 0 aromatic heterocycles. The smallest absolute Gasteiger partial charge is 0.129 e. The molecule has 0 aliphatic carbocycles. The molecule has 0 radical (unpaired) electrons. The molecule has 0 atom stereocenters. The van der Waals surface area contributed by atoms with E-state index in [0.29, 0.717) is 5.75 Å². The van der Waals surface area contributed by atoms with Crippen molar-refractivity contribution in [1.82, 2.24) is 0 Å². The third kappa shape index (κ3) is 18.7. The Labute approximate surface area is 141 Å². The van der Waals surface area contributed by atoms with E-state index in [1.54, 1.807) is 11.8 Å². The van der Waals surface area contributed by atoms with E-state index in [2.05, 4.69) is 67.7 Å². The Morgan fingerprint density at radius 2 is 1.14 bits per heavy atom. The van der Waals surface area contributed by atoms with Crippen molar-refractivity contribution in [2.45, 2.75) is 45.4 Å². The molecule has 0 spiro atoms. The zero-order chi connectivity index (χ0) is 16.1. The number of hydrogen-bond acceptors (Lipinski definition) is 2. The third-order valence-electron chi connectivity index (χ3n) is 2.79. The van der Waals surface area contributed by atoms with Crippen LogP contribution < -0.4 is 0 Å². The second-order valence-corrected chi connectivity index (χ2v) is 5.83. The average molecular weight is 319 g/mol. The minimum absolute atomic E-state index is 0.598. The van der Waals surface area contributed by atoms with Crippen LogP contribution in [0.4, 0.5) is 0 Å². The Kier molecular flexibility index (Phi) is 18.6. The van der Waals surface area contributed by atoms with Gasteiger partial charge < -0.3 is 4.79 Å². The first-order chi connectivity index (χ1) is 10.9. The van der Waals surface area contributed by atoms with Crippen molar-refractivity contribution in [3.63, 3.8) is 0 Å². The molecule has 0 bridgehead atoms. The second-order valence-electron chi connectivity index (χ2n) is 4.75. The quantitative estimate of drug-likeness (QED) is 0.220. The summed E-state index contributed by atoms with van der Waals surface area (Å²) < 4.78 is 0. The number of unbranched alkanes of at least 4 members (excludes halogenated alkanes) is 1. The van der Waals surface area contributed by atoms with Gasteiger partial charge in [-0.2, -0.15) is 11.8 Å². The Morgan fingerprint density at radius 1 is 0.636 bits per heavy atom. The maximum absolute atomic E-state index is 10.1. The van der Waals surface area contributed by atoms with Gasteiger partial charge in [-0.3, -0.25) is 0 Å². The van der Waals surface area contributed by atoms with Gasteiger partial charge in [0.25, 0.3) is 0 Å². The molecular formula is C20H30OS. The molecular weight excluding hydrogens is 288 g/mol. The van der Waals surface area contributed by atoms with Crippen molar-refractivity contribution >= 4 is 18.0 Å². The normalized spacial score (nSPS) is 12.8. The number of allylic oxidation sites excluding steroid dienone is 9. The number of carbonyl (C=O) groups excluding carboxylic acids is 1. The van der Waals surface area contributed by atoms with E-state index >= 15 is 0 Å². The number of carbonyl (C=O) groups is 1. The fraction of sp³-hybridized carbons (Fsp3) is 0.450. The largest absolute Gasteiger partial charge is 0.302 e. The summed E-state index contributed by atoms with van der Waals surface area (Å²) in [6, 6.07) is 0. The van der Waals surface area contributed by atoms with Crippen LogP contribution in [0.3, 0.4) is 0 Å². The van der Waals surface area contributed by atoms with E-state index in [1.165, 1.54) is 0 Å². The summed E-state index contributed by atoms with van der Waals surface area (Å²) in [5.41, 5.74) is 0. The first-order valence-electron chi connectivity index (χ1n) is 8.18. The van der Waals surface area contributed by atoms with E-state index in [9.17, 15) is 4.79 Å². The van der Waals surface area contributed by atoms with Crippen molar-refractivity contribution in [2.75, 3.05) is 11.5 Å². The Bertz CT molecular complexity index is 375. The van der Waals surface area contributed by atoms with E-state index in [-0.39, 0.29) is 0 Å². The van der Waals surface area contributed by atoms with Crippen LogP contribution in [0.15, 0.2) is 60.8 Å². The van der Waals surface area contributed by atoms with Crippen LogP contribution in [0.5, 0.6) is 0 Å². The summed E-state index contributed by atoms with van der Waals surface area (Å²) in [6.07, 6.45) is 29.4. The van der Waals surface area contributed by atoms with E-state index in [0.717, 1.165) is 50.6 Å². The summed E-state index contributed by atoms with van der Waals surface area (Å²) in [5, 5.41) is 0. The van der Waals surface area contributed by atoms with Crippen molar-refractivity contribution in [3.8, 4) is 0 Å². The second kappa shape index (κ2) is 19.7. The van der Waals surface area contributed by atoms with Crippen LogP contribution in [-0.4, -0.2) is 17.8 Å². The van der Waals surface area contributed by atoms with Gasteiger partial charge in [0.05, 0.1) is 0 Å². The predicted octanol–water partition coefficient (Wildman–Crippen LogP) is 6.06. The lowest BCUT2D eigenvalue weighted by atomic mass is 10.2. The van der Waals surface area contributed by atoms with Gasteiger partial charge in [0.2, 0.25) is 0 Å². The van der Waals surface area contributed by atoms with E-state index < -0.39 is 0 Å². The van der Waals surface area contributed by atoms with Crippen LogP contribution in [-0.2, 0) is 4.79 Å². The monoisotopic (exact) mass is 318 g/mol. The van der Waals surface area contributed by atoms with Crippen LogP contribution in [0, 0.1) is 0 Å². The first-order valence-corrected chi connectivity index (χ1v) is 9.33. The zero-order valence-electron chi connectivity index (χ0n) is 13.8. The molecule has 0 fully saturated rings. The molecule has 0 aliphatic heterocycles. The minimum atomic E-state index is 0.598. The topological polar surface area (TPSA) is 17.1 Å². The molecule has 0 amide bonds. The van der Waals surface area contributed by atoms with Crippen LogP contribution in [0.1, 0.15) is 45.4 Å². The average Bonchev–Trinajstić information content (AvgIpc) is 2.54. The Hall–Kier alpha value is -1.28. The minimum Gasteiger partial charge on any atom is -0.302 e. The van der Waals surface area contributed by atoms with E-state index in [1.807, 2.05) is 0 Å². The van der Waals surface area contributed by atoms with Gasteiger partial charge in [-0.05, 0) is 38.5 Å². The molecule has 0 saturated heterocycles. The molecule has 0 unspecified atom stereocenters. The maximum atomic E-state index is 10.1. The van der Waals surface area contributed by atoms with Gasteiger partial charge in [-0.15, -0.1) is 0 Å². The lowest BCUT2D eigenvalue weighted by Gasteiger charge is -1.89. The lowest BCUT2D eigenvalue weighted by molar-refractivity contribution is -0.105. The molecule has 0 heterocycles. The Morgan fingerprint density at radius 3 is 1.68 bits per heavy atom. The summed E-state index contributed by atoms with van der Waals surface area (Å²) in [6.45, 7) is 2.15. The van der Waals surface area contributed by atoms with Crippen LogP contribution in [0.2, 0.25) is 0 Å². The number of hydrogen-bond donors (Lipinski definition) is 0. The van der Waals surface area contributed by atoms with Gasteiger partial charge in [-0.1, -0.05) is 67.7 Å². The van der Waals surface area contributed by atoms with E-state index in [4.69, 9.17) is 0 Å². The molecule has 122 valence electrons. The fourth-order valence-electron chi connectivity index (χ4n) is 1.66. The van der Waals surface area contributed by atoms with Crippen molar-refractivity contribution < 1.29 is 4.79 Å². The van der Waals surface area contributed by atoms with Gasteiger partial charge in [0, 0.05) is 11.5 Å². The first kappa shape index (κ1) is 20.7. The summed E-state index contributed by atoms with van der Waals surface area (Å²) in [4.78, 5) is 10.1. The summed E-state index contributed by atoms with van der Waals surface area (Å²) in [5.74, 6) is 1.54. The molecule has 0 rings (SSSR count). The number of aldehydes is 1. The molecule has 0 aliphatic rings. The van der Waals surface area contributed by atoms with Gasteiger partial charge in [0.1, 0.15) is 6.29 Å². The molecule has 22 heavy (non-hydrogen) atoms. The molecule has 1 nitrogen and oxygen atoms in total. The highest BCUT2D eigenvalue weighted by Gasteiger charge is 1.81. The van der Waals surface area contributed by atoms with Crippen molar-refractivity contribution in [1.29, 1.82) is 0 Å². The number of thioether (sulfide) groups is 1. The van der Waals surface area contributed by atoms with Gasteiger partial charge in [-0.25, -0.2) is 0 Å². The van der Waals surface area contributed by atoms with Gasteiger partial charge in [0.15, 0.2) is 0 Å². The SMILES string of the molecule is CC/C=C\C/C=C\C/C=C\C/C=C\CC/C=C/CSCC=O. The Balaban J connectivity index is 3.40. The summed E-state index contributed by atoms with van der Waals surface area (Å²) >= 11 is 1.65. The molecule has 0 aromatic rings. The fourth-order valence-corrected chi connectivity index (χ4v) is 2.16. The maximum Gasteiger partial charge on any atom is 0.129 e. The number of rotatable bonds is 14. The van der Waals surface area contributed by atoms with Crippen LogP contribution in [0.25, 0.3) is 0 Å². The van der Waals surface area contributed by atoms with Crippen LogP contribution >= 0.6 is 11.8 Å². The molecule has 0 aromatic carbocycles. The lowest BCUT2D eigenvalue weighted by Crippen LogP contribution is -1.79. The predicted molar refractivity (Wildman–Crippen MR) is 102 cm³/mol. The molecule has 0 N–H and O–H groups in total. The standard InChI is InChI=1S/C20H30OS/c1-2-3-4-5-6-7-8-9-10-11-12-13-14-15-16-17-19-22-20-18-21/h3-4,6-7,9-10,12-13,16-18H,2,5,8,11,14-15,19-20H2,1H3/b4-3-,7-6-,10-9-,13-12-,17-16+. The highest BCUT2D eigenvalue weighted by atomic mass is 32.2. The van der Waals surface area contributed by atoms with Gasteiger partial charge >= 0.3 is 0 Å². The molecule has 0 saturated carbocycles. The molecule has 2 heteroatoms. The third-order valence-corrected chi connectivity index (χ3v) is 3.59.